The van der Waals surface area contributed by atoms with E-state index in [9.17, 15) is 18.0 Å². The number of H-pyrrole nitrogens is 1. The highest BCUT2D eigenvalue weighted by molar-refractivity contribution is 7.89. The van der Waals surface area contributed by atoms with Crippen molar-refractivity contribution >= 4 is 32.7 Å². The third-order valence-electron chi connectivity index (χ3n) is 5.26. The fourth-order valence-electron chi connectivity index (χ4n) is 3.50. The van der Waals surface area contributed by atoms with Gasteiger partial charge in [0.25, 0.3) is 5.91 Å². The van der Waals surface area contributed by atoms with Gasteiger partial charge >= 0.3 is 0 Å². The third-order valence-corrected chi connectivity index (χ3v) is 7.06. The van der Waals surface area contributed by atoms with Gasteiger partial charge in [0.05, 0.1) is 30.7 Å². The Morgan fingerprint density at radius 3 is 2.44 bits per heavy atom. The van der Waals surface area contributed by atoms with Gasteiger partial charge in [-0.1, -0.05) is 35.9 Å². The Bertz CT molecular complexity index is 1390. The first kappa shape index (κ1) is 23.3. The van der Waals surface area contributed by atoms with Gasteiger partial charge in [-0.05, 0) is 42.8 Å². The molecule has 4 rings (SSSR count). The highest BCUT2D eigenvalue weighted by atomic mass is 32.2. The number of furan rings is 1. The predicted molar refractivity (Wildman–Crippen MR) is 126 cm³/mol. The number of fused-ring (bicyclic) bond motifs is 1. The molecule has 2 heterocycles. The summed E-state index contributed by atoms with van der Waals surface area (Å²) in [6, 6.07) is 17.2. The van der Waals surface area contributed by atoms with Crippen molar-refractivity contribution < 1.29 is 22.4 Å². The Hall–Kier alpha value is -3.89. The molecule has 34 heavy (non-hydrogen) atoms. The zero-order chi connectivity index (χ0) is 24.1. The highest BCUT2D eigenvalue weighted by Gasteiger charge is 2.28. The normalized spacial score (nSPS) is 11.6. The van der Waals surface area contributed by atoms with Crippen LogP contribution in [0.4, 0.5) is 0 Å². The summed E-state index contributed by atoms with van der Waals surface area (Å²) in [5, 5.41) is 0.915. The zero-order valence-electron chi connectivity index (χ0n) is 18.4. The molecule has 9 nitrogen and oxygen atoms in total. The van der Waals surface area contributed by atoms with Gasteiger partial charge in [0, 0.05) is 17.1 Å². The van der Waals surface area contributed by atoms with E-state index in [0.29, 0.717) is 5.76 Å². The number of nitrogens with one attached hydrogen (secondary N) is 3. The number of carbonyl (C=O) groups excluding carboxylic acids is 2. The van der Waals surface area contributed by atoms with Crippen molar-refractivity contribution in [1.82, 2.24) is 20.1 Å². The lowest BCUT2D eigenvalue weighted by molar-refractivity contribution is -0.128. The van der Waals surface area contributed by atoms with Crippen LogP contribution in [0.15, 0.2) is 82.4 Å². The van der Waals surface area contributed by atoms with Crippen LogP contribution in [0.5, 0.6) is 0 Å². The summed E-state index contributed by atoms with van der Waals surface area (Å²) in [6.07, 6.45) is 3.21. The molecule has 0 unspecified atom stereocenters. The number of carbonyl (C=O) groups is 2. The number of para-hydroxylation sites is 1. The smallest absolute Gasteiger partial charge is 0.253 e. The second kappa shape index (κ2) is 9.94. The lowest BCUT2D eigenvalue weighted by Crippen LogP contribution is -2.47. The monoisotopic (exact) mass is 480 g/mol. The van der Waals surface area contributed by atoms with Gasteiger partial charge < -0.3 is 9.40 Å². The average Bonchev–Trinajstić information content (AvgIpc) is 3.48. The topological polar surface area (TPSA) is 125 Å². The van der Waals surface area contributed by atoms with Crippen molar-refractivity contribution in [2.24, 2.45) is 0 Å². The number of aryl methyl sites for hydroxylation is 1. The minimum atomic E-state index is -4.00. The lowest BCUT2D eigenvalue weighted by atomic mass is 10.1. The van der Waals surface area contributed by atoms with Crippen LogP contribution in [0.1, 0.15) is 16.9 Å². The average molecular weight is 481 g/mol. The second-order valence-corrected chi connectivity index (χ2v) is 9.74. The van der Waals surface area contributed by atoms with E-state index in [2.05, 4.69) is 15.8 Å². The van der Waals surface area contributed by atoms with Crippen LogP contribution in [-0.4, -0.2) is 36.1 Å². The molecule has 0 fully saturated rings. The van der Waals surface area contributed by atoms with E-state index >= 15 is 0 Å². The third kappa shape index (κ3) is 5.36. The highest BCUT2D eigenvalue weighted by Crippen LogP contribution is 2.20. The number of rotatable bonds is 8. The second-order valence-electron chi connectivity index (χ2n) is 7.80. The van der Waals surface area contributed by atoms with Gasteiger partial charge in [0.1, 0.15) is 5.76 Å². The first-order chi connectivity index (χ1) is 16.3. The molecule has 2 aromatic heterocycles. The minimum absolute atomic E-state index is 0.0437. The minimum Gasteiger partial charge on any atom is -0.468 e. The van der Waals surface area contributed by atoms with Crippen molar-refractivity contribution in [3.63, 3.8) is 0 Å². The van der Waals surface area contributed by atoms with Crippen molar-refractivity contribution in [1.29, 1.82) is 0 Å². The van der Waals surface area contributed by atoms with Gasteiger partial charge in [-0.25, -0.2) is 8.42 Å². The molecule has 3 N–H and O–H groups in total. The number of amides is 2. The molecule has 0 aliphatic heterocycles. The Kier molecular flexibility index (Phi) is 6.80. The summed E-state index contributed by atoms with van der Waals surface area (Å²) >= 11 is 0. The van der Waals surface area contributed by atoms with Crippen molar-refractivity contribution in [2.45, 2.75) is 24.8 Å². The molecule has 0 aliphatic rings. The summed E-state index contributed by atoms with van der Waals surface area (Å²) in [5.41, 5.74) is 7.25. The van der Waals surface area contributed by atoms with E-state index in [0.717, 1.165) is 26.3 Å². The molecular weight excluding hydrogens is 456 g/mol. The molecule has 10 heteroatoms. The number of hydrogen-bond donors (Lipinski definition) is 3. The van der Waals surface area contributed by atoms with Crippen LogP contribution in [0.3, 0.4) is 0 Å². The van der Waals surface area contributed by atoms with Crippen LogP contribution >= 0.6 is 0 Å². The van der Waals surface area contributed by atoms with E-state index in [4.69, 9.17) is 4.42 Å². The Labute approximate surface area is 196 Å². The zero-order valence-corrected chi connectivity index (χ0v) is 19.3. The molecule has 0 saturated carbocycles. The number of sulfonamides is 1. The Morgan fingerprint density at radius 2 is 1.71 bits per heavy atom. The molecule has 0 spiro atoms. The maximum atomic E-state index is 13.2. The van der Waals surface area contributed by atoms with Crippen LogP contribution in [0.25, 0.3) is 10.9 Å². The summed E-state index contributed by atoms with van der Waals surface area (Å²) in [7, 11) is -4.00. The standard InChI is InChI=1S/C24H24N4O5S/c1-17-8-10-20(11-9-17)34(31,32)28(15-19-5-4-12-33-19)16-24(30)27-26-23(29)13-18-14-25-22-7-3-2-6-21(18)22/h2-12,14,25H,13,15-16H2,1H3,(H,26,29)(H,27,30). The van der Waals surface area contributed by atoms with E-state index in [1.807, 2.05) is 31.2 Å². The Balaban J connectivity index is 1.42. The molecule has 0 saturated heterocycles. The molecule has 2 aromatic carbocycles. The van der Waals surface area contributed by atoms with Gasteiger partial charge in [-0.15, -0.1) is 0 Å². The number of nitrogens with zero attached hydrogens (tertiary/aromatic N) is 1. The number of hydrazine groups is 1. The van der Waals surface area contributed by atoms with E-state index in [-0.39, 0.29) is 17.9 Å². The van der Waals surface area contributed by atoms with Gasteiger partial charge in [-0.2, -0.15) is 4.31 Å². The molecule has 0 aliphatic carbocycles. The maximum absolute atomic E-state index is 13.2. The fraction of sp³-hybridized carbons (Fsp3) is 0.167. The molecular formula is C24H24N4O5S. The lowest BCUT2D eigenvalue weighted by Gasteiger charge is -2.21. The number of aromatic nitrogens is 1. The maximum Gasteiger partial charge on any atom is 0.253 e. The van der Waals surface area contributed by atoms with Crippen molar-refractivity contribution in [2.75, 3.05) is 6.54 Å². The molecule has 0 bridgehead atoms. The number of benzene rings is 2. The molecule has 2 amide bonds. The first-order valence-electron chi connectivity index (χ1n) is 10.5. The predicted octanol–water partition coefficient (Wildman–Crippen LogP) is 2.65. The van der Waals surface area contributed by atoms with Gasteiger partial charge in [0.15, 0.2) is 0 Å². The van der Waals surface area contributed by atoms with Crippen LogP contribution in [-0.2, 0) is 32.6 Å². The molecule has 4 aromatic rings. The Morgan fingerprint density at radius 1 is 0.971 bits per heavy atom. The number of hydrogen-bond acceptors (Lipinski definition) is 5. The largest absolute Gasteiger partial charge is 0.468 e. The van der Waals surface area contributed by atoms with Crippen molar-refractivity contribution in [3.8, 4) is 0 Å². The summed E-state index contributed by atoms with van der Waals surface area (Å²) < 4.78 is 32.7. The molecule has 0 atom stereocenters. The van der Waals surface area contributed by atoms with Crippen LogP contribution in [0, 0.1) is 6.92 Å². The van der Waals surface area contributed by atoms with Gasteiger partial charge in [0.2, 0.25) is 15.9 Å². The summed E-state index contributed by atoms with van der Waals surface area (Å²) in [6.45, 7) is 1.20. The number of aromatic amines is 1. The van der Waals surface area contributed by atoms with Crippen LogP contribution in [0.2, 0.25) is 0 Å². The van der Waals surface area contributed by atoms with E-state index < -0.39 is 28.4 Å². The van der Waals surface area contributed by atoms with Crippen LogP contribution < -0.4 is 10.9 Å². The van der Waals surface area contributed by atoms with E-state index in [1.54, 1.807) is 30.5 Å². The quantitative estimate of drug-likeness (QED) is 0.335. The van der Waals surface area contributed by atoms with Gasteiger partial charge in [-0.3, -0.25) is 20.4 Å². The summed E-state index contributed by atoms with van der Waals surface area (Å²) in [5.74, 6) is -0.738. The SMILES string of the molecule is Cc1ccc(S(=O)(=O)N(CC(=O)NNC(=O)Cc2c[nH]c3ccccc23)Cc2ccco2)cc1. The van der Waals surface area contributed by atoms with Crippen molar-refractivity contribution in [3.05, 3.63) is 90.0 Å². The summed E-state index contributed by atoms with van der Waals surface area (Å²) in [4.78, 5) is 28.1. The molecule has 176 valence electrons. The fourth-order valence-corrected chi connectivity index (χ4v) is 4.86. The van der Waals surface area contributed by atoms with E-state index in [1.165, 1.54) is 18.4 Å². The molecule has 0 radical (unpaired) electrons. The first-order valence-corrected chi connectivity index (χ1v) is 12.0.